The Morgan fingerprint density at radius 2 is 1.70 bits per heavy atom. The molecule has 0 aliphatic heterocycles. The molecule has 1 amide bonds. The maximum Gasteiger partial charge on any atom is 0.414 e. The third kappa shape index (κ3) is 7.88. The van der Waals surface area contributed by atoms with Gasteiger partial charge in [0.2, 0.25) is 0 Å². The van der Waals surface area contributed by atoms with Crippen molar-refractivity contribution in [1.82, 2.24) is 10.2 Å². The number of non-ortho nitro benzene ring substituents is 1. The molecule has 8 nitrogen and oxygen atoms in total. The normalized spacial score (nSPS) is 11.2. The van der Waals surface area contributed by atoms with Crippen LogP contribution >= 0.6 is 12.4 Å². The van der Waals surface area contributed by atoms with Crippen molar-refractivity contribution in [2.24, 2.45) is 0 Å². The first-order valence-corrected chi connectivity index (χ1v) is 9.50. The highest BCUT2D eigenvalue weighted by molar-refractivity contribution is 5.85. The van der Waals surface area contributed by atoms with E-state index < -0.39 is 11.0 Å². The van der Waals surface area contributed by atoms with Crippen LogP contribution in [0.25, 0.3) is 0 Å². The van der Waals surface area contributed by atoms with Crippen LogP contribution in [0.5, 0.6) is 11.5 Å². The Balaban J connectivity index is 0.00000450. The number of nitro groups is 1. The van der Waals surface area contributed by atoms with Crippen LogP contribution in [0.15, 0.2) is 48.5 Å². The van der Waals surface area contributed by atoms with Gasteiger partial charge in [-0.25, -0.2) is 4.79 Å². The predicted molar refractivity (Wildman–Crippen MR) is 118 cm³/mol. The average molecular weight is 438 g/mol. The molecule has 0 radical (unpaired) electrons. The average Bonchev–Trinajstić information content (AvgIpc) is 2.71. The number of benzene rings is 2. The summed E-state index contributed by atoms with van der Waals surface area (Å²) in [6.07, 6.45) is 1.29. The van der Waals surface area contributed by atoms with Gasteiger partial charge in [0.05, 0.1) is 11.5 Å². The van der Waals surface area contributed by atoms with E-state index >= 15 is 0 Å². The quantitative estimate of drug-likeness (QED) is 0.431. The lowest BCUT2D eigenvalue weighted by Gasteiger charge is -2.20. The van der Waals surface area contributed by atoms with Gasteiger partial charge in [-0.3, -0.25) is 10.1 Å². The maximum atomic E-state index is 11.6. The lowest BCUT2D eigenvalue weighted by molar-refractivity contribution is -0.384. The molecular formula is C21H28ClN3O5. The van der Waals surface area contributed by atoms with Gasteiger partial charge in [-0.1, -0.05) is 19.1 Å². The van der Waals surface area contributed by atoms with Crippen LogP contribution in [0.4, 0.5) is 10.5 Å². The van der Waals surface area contributed by atoms with Crippen LogP contribution in [-0.4, -0.2) is 43.2 Å². The molecule has 0 saturated carbocycles. The van der Waals surface area contributed by atoms with E-state index in [9.17, 15) is 14.9 Å². The van der Waals surface area contributed by atoms with Crippen LogP contribution in [0.1, 0.15) is 31.4 Å². The molecule has 0 aliphatic rings. The van der Waals surface area contributed by atoms with Gasteiger partial charge in [-0.05, 0) is 42.8 Å². The number of nitrogens with one attached hydrogen (secondary N) is 1. The maximum absolute atomic E-state index is 11.6. The van der Waals surface area contributed by atoms with Gasteiger partial charge in [-0.2, -0.15) is 0 Å². The highest BCUT2D eigenvalue weighted by atomic mass is 35.5. The molecule has 2 aromatic carbocycles. The first-order chi connectivity index (χ1) is 13.9. The Morgan fingerprint density at radius 3 is 2.23 bits per heavy atom. The summed E-state index contributed by atoms with van der Waals surface area (Å²) in [6, 6.07) is 13.5. The zero-order valence-electron chi connectivity index (χ0n) is 17.4. The molecular weight excluding hydrogens is 410 g/mol. The lowest BCUT2D eigenvalue weighted by Crippen LogP contribution is -2.25. The first-order valence-electron chi connectivity index (χ1n) is 9.50. The van der Waals surface area contributed by atoms with E-state index in [1.54, 1.807) is 38.4 Å². The third-order valence-corrected chi connectivity index (χ3v) is 4.22. The fraction of sp³-hybridized carbons (Fsp3) is 0.381. The Kier molecular flexibility index (Phi) is 10.6. The first kappa shape index (κ1) is 25.2. The molecule has 0 saturated heterocycles. The molecule has 30 heavy (non-hydrogen) atoms. The van der Waals surface area contributed by atoms with Crippen molar-refractivity contribution in [2.45, 2.75) is 25.8 Å². The molecule has 0 spiro atoms. The highest BCUT2D eigenvalue weighted by Crippen LogP contribution is 2.22. The van der Waals surface area contributed by atoms with E-state index in [2.05, 4.69) is 12.2 Å². The Labute approximate surface area is 182 Å². The topological polar surface area (TPSA) is 93.9 Å². The Morgan fingerprint density at radius 1 is 1.10 bits per heavy atom. The molecule has 2 rings (SSSR count). The second kappa shape index (κ2) is 12.7. The van der Waals surface area contributed by atoms with Gasteiger partial charge in [0.25, 0.3) is 5.69 Å². The number of hydrogen-bond acceptors (Lipinski definition) is 6. The standard InChI is InChI=1S/C21H27N3O5.ClH/c1-4-14-22-20(13-15-28-18-11-7-17(8-12-18)24(26)27)16-5-9-19(10-6-16)29-21(25)23(2)3;/h5-12,20,22H,4,13-15H2,1-3H3;1H. The van der Waals surface area contributed by atoms with Crippen molar-refractivity contribution in [3.05, 3.63) is 64.2 Å². The number of amides is 1. The monoisotopic (exact) mass is 437 g/mol. The minimum Gasteiger partial charge on any atom is -0.494 e. The molecule has 164 valence electrons. The van der Waals surface area contributed by atoms with Gasteiger partial charge in [0, 0.05) is 38.7 Å². The number of halogens is 1. The molecule has 0 aliphatic carbocycles. The predicted octanol–water partition coefficient (Wildman–Crippen LogP) is 4.59. The summed E-state index contributed by atoms with van der Waals surface area (Å²) in [4.78, 5) is 23.3. The van der Waals surface area contributed by atoms with E-state index in [1.165, 1.54) is 17.0 Å². The molecule has 0 heterocycles. The summed E-state index contributed by atoms with van der Waals surface area (Å²) in [7, 11) is 3.26. The van der Waals surface area contributed by atoms with Gasteiger partial charge < -0.3 is 19.7 Å². The zero-order chi connectivity index (χ0) is 21.2. The smallest absolute Gasteiger partial charge is 0.414 e. The van der Waals surface area contributed by atoms with Crippen molar-refractivity contribution in [3.8, 4) is 11.5 Å². The number of carbonyl (C=O) groups excluding carboxylic acids is 1. The van der Waals surface area contributed by atoms with Crippen molar-refractivity contribution >= 4 is 24.2 Å². The largest absolute Gasteiger partial charge is 0.494 e. The molecule has 0 bridgehead atoms. The van der Waals surface area contributed by atoms with Gasteiger partial charge >= 0.3 is 6.09 Å². The Bertz CT molecular complexity index is 797. The van der Waals surface area contributed by atoms with Crippen molar-refractivity contribution in [3.63, 3.8) is 0 Å². The number of ether oxygens (including phenoxy) is 2. The summed E-state index contributed by atoms with van der Waals surface area (Å²) in [5, 5.41) is 14.2. The van der Waals surface area contributed by atoms with Gasteiger partial charge in [-0.15, -0.1) is 12.4 Å². The van der Waals surface area contributed by atoms with Crippen LogP contribution in [-0.2, 0) is 0 Å². The number of rotatable bonds is 10. The molecule has 9 heteroatoms. The van der Waals surface area contributed by atoms with Crippen LogP contribution < -0.4 is 14.8 Å². The van der Waals surface area contributed by atoms with E-state index in [4.69, 9.17) is 9.47 Å². The van der Waals surface area contributed by atoms with Crippen molar-refractivity contribution < 1.29 is 19.2 Å². The van der Waals surface area contributed by atoms with E-state index in [0.29, 0.717) is 24.5 Å². The summed E-state index contributed by atoms with van der Waals surface area (Å²) < 4.78 is 11.0. The summed E-state index contributed by atoms with van der Waals surface area (Å²) in [6.45, 7) is 3.41. The summed E-state index contributed by atoms with van der Waals surface area (Å²) in [5.41, 5.74) is 1.10. The van der Waals surface area contributed by atoms with Crippen LogP contribution in [0, 0.1) is 10.1 Å². The lowest BCUT2D eigenvalue weighted by atomic mass is 10.0. The summed E-state index contributed by atoms with van der Waals surface area (Å²) in [5.74, 6) is 1.08. The molecule has 0 aromatic heterocycles. The number of nitro benzene ring substituents is 1. The molecule has 0 fully saturated rings. The minimum atomic E-state index is -0.437. The molecule has 1 N–H and O–H groups in total. The molecule has 1 atom stereocenters. The number of hydrogen-bond donors (Lipinski definition) is 1. The molecule has 1 unspecified atom stereocenters. The zero-order valence-corrected chi connectivity index (χ0v) is 18.2. The highest BCUT2D eigenvalue weighted by Gasteiger charge is 2.13. The van der Waals surface area contributed by atoms with Gasteiger partial charge in [0.15, 0.2) is 0 Å². The van der Waals surface area contributed by atoms with Crippen LogP contribution in [0.3, 0.4) is 0 Å². The van der Waals surface area contributed by atoms with E-state index in [0.717, 1.165) is 18.5 Å². The van der Waals surface area contributed by atoms with Crippen LogP contribution in [0.2, 0.25) is 0 Å². The Hall–Kier alpha value is -2.84. The summed E-state index contributed by atoms with van der Waals surface area (Å²) >= 11 is 0. The van der Waals surface area contributed by atoms with Crippen molar-refractivity contribution in [1.29, 1.82) is 0 Å². The van der Waals surface area contributed by atoms with Gasteiger partial charge in [0.1, 0.15) is 11.5 Å². The second-order valence-corrected chi connectivity index (χ2v) is 6.73. The van der Waals surface area contributed by atoms with E-state index in [-0.39, 0.29) is 24.1 Å². The molecule has 2 aromatic rings. The number of nitrogens with zero attached hydrogens (tertiary/aromatic N) is 2. The fourth-order valence-corrected chi connectivity index (χ4v) is 2.62. The van der Waals surface area contributed by atoms with E-state index in [1.807, 2.05) is 12.1 Å². The fourth-order valence-electron chi connectivity index (χ4n) is 2.62. The minimum absolute atomic E-state index is 0. The van der Waals surface area contributed by atoms with Crippen molar-refractivity contribution in [2.75, 3.05) is 27.2 Å². The third-order valence-electron chi connectivity index (χ3n) is 4.22. The number of carbonyl (C=O) groups is 1. The SMILES string of the molecule is CCCNC(CCOc1ccc([N+](=O)[O-])cc1)c1ccc(OC(=O)N(C)C)cc1.Cl. The second-order valence-electron chi connectivity index (χ2n) is 6.73.